The number of aromatic nitrogens is 4. The Labute approximate surface area is 400 Å². The minimum atomic E-state index is 0.121. The first-order chi connectivity index (χ1) is 32.5. The molecule has 5 aliphatic heterocycles. The summed E-state index contributed by atoms with van der Waals surface area (Å²) in [5, 5.41) is 34.3. The third-order valence-electron chi connectivity index (χ3n) is 17.4. The van der Waals surface area contributed by atoms with Gasteiger partial charge in [-0.2, -0.15) is 15.6 Å². The van der Waals surface area contributed by atoms with Crippen LogP contribution in [0.5, 0.6) is 5.88 Å². The number of ether oxygens (including phenoxy) is 1. The summed E-state index contributed by atoms with van der Waals surface area (Å²) in [5.41, 5.74) is 8.93. The summed E-state index contributed by atoms with van der Waals surface area (Å²) in [6.45, 7) is 13.5. The van der Waals surface area contributed by atoms with Crippen molar-refractivity contribution in [3.05, 3.63) is 81.0 Å². The third-order valence-corrected chi connectivity index (χ3v) is 17.7. The summed E-state index contributed by atoms with van der Waals surface area (Å²) in [5.74, 6) is 2.70. The Morgan fingerprint density at radius 2 is 1.58 bits per heavy atom. The molecule has 7 aliphatic rings. The second-order valence-corrected chi connectivity index (χ2v) is 21.8. The molecule has 1 amide bonds. The number of anilines is 4. The number of nitrogens with zero attached hydrogens (tertiary/aromatic N) is 11. The molecule has 7 heterocycles. The van der Waals surface area contributed by atoms with Crippen LogP contribution >= 0.6 is 11.6 Å². The molecule has 5 fully saturated rings. The van der Waals surface area contributed by atoms with Crippen LogP contribution in [0.3, 0.4) is 0 Å². The van der Waals surface area contributed by atoms with E-state index in [2.05, 4.69) is 71.7 Å². The average Bonchev–Trinajstić information content (AvgIpc) is 3.88. The van der Waals surface area contributed by atoms with Crippen molar-refractivity contribution in [3.63, 3.8) is 0 Å². The number of piperidine rings is 2. The maximum atomic E-state index is 12.6. The smallest absolute Gasteiger partial charge is 0.233 e. The molecule has 4 aromatic rings. The van der Waals surface area contributed by atoms with Gasteiger partial charge in [-0.1, -0.05) is 11.6 Å². The van der Waals surface area contributed by atoms with Crippen LogP contribution in [0.25, 0.3) is 0 Å². The van der Waals surface area contributed by atoms with E-state index in [0.29, 0.717) is 46.6 Å². The van der Waals surface area contributed by atoms with Crippen molar-refractivity contribution in [2.45, 2.75) is 141 Å². The van der Waals surface area contributed by atoms with Crippen molar-refractivity contribution >= 4 is 40.5 Å². The molecule has 2 aromatic heterocycles. The number of aryl methyl sites for hydroxylation is 2. The van der Waals surface area contributed by atoms with E-state index in [0.717, 1.165) is 144 Å². The first kappa shape index (κ1) is 44.2. The van der Waals surface area contributed by atoms with E-state index >= 15 is 0 Å². The van der Waals surface area contributed by atoms with Crippen molar-refractivity contribution < 1.29 is 9.53 Å². The van der Waals surface area contributed by atoms with Gasteiger partial charge in [-0.3, -0.25) is 9.48 Å². The normalized spacial score (nSPS) is 24.8. The topological polar surface area (TPSA) is 134 Å². The van der Waals surface area contributed by atoms with Crippen molar-refractivity contribution in [1.29, 1.82) is 10.5 Å². The number of fused-ring (bicyclic) bond motifs is 2. The summed E-state index contributed by atoms with van der Waals surface area (Å²) in [4.78, 5) is 24.6. The molecule has 13 nitrogen and oxygen atoms in total. The lowest BCUT2D eigenvalue weighted by molar-refractivity contribution is -0.129. The fourth-order valence-electron chi connectivity index (χ4n) is 13.4. The summed E-state index contributed by atoms with van der Waals surface area (Å²) in [6.07, 6.45) is 15.7. The second kappa shape index (κ2) is 17.6. The number of carbonyl (C=O) groups excluding carboxylic acids is 1. The summed E-state index contributed by atoms with van der Waals surface area (Å²) in [7, 11) is 0. The van der Waals surface area contributed by atoms with Gasteiger partial charge in [-0.05, 0) is 169 Å². The molecule has 0 bridgehead atoms. The van der Waals surface area contributed by atoms with E-state index in [4.69, 9.17) is 21.4 Å². The molecular formula is C53H64ClN11O2. The van der Waals surface area contributed by atoms with Crippen molar-refractivity contribution in [1.82, 2.24) is 29.8 Å². The Hall–Kier alpha value is -5.37. The Balaban J connectivity index is 0.655. The zero-order chi connectivity index (χ0) is 46.0. The van der Waals surface area contributed by atoms with E-state index in [1.807, 2.05) is 36.1 Å². The third kappa shape index (κ3) is 8.28. The fourth-order valence-corrected chi connectivity index (χ4v) is 13.7. The van der Waals surface area contributed by atoms with Gasteiger partial charge in [-0.15, -0.1) is 10.2 Å². The summed E-state index contributed by atoms with van der Waals surface area (Å²) >= 11 is 6.41. The Morgan fingerprint density at radius 1 is 0.836 bits per heavy atom. The van der Waals surface area contributed by atoms with Crippen LogP contribution in [-0.4, -0.2) is 99.7 Å². The van der Waals surface area contributed by atoms with E-state index in [9.17, 15) is 15.3 Å². The Morgan fingerprint density at radius 3 is 2.28 bits per heavy atom. The lowest BCUT2D eigenvalue weighted by Gasteiger charge is -2.53. The highest BCUT2D eigenvalue weighted by atomic mass is 35.5. The molecular weight excluding hydrogens is 858 g/mol. The molecule has 3 saturated heterocycles. The number of amides is 1. The SMILES string of the molecule is CC(=O)N1CCc2c(c(N3CCCc4cc(C#N)c(C)cc43)nn2C2CCC(N3CCC4(CC3)CC(Oc3ccc(N5CCC6(CC5)C[C@H](C)N(c5ccc(C#N)c(Cl)c5)C6)nn3)C4)CC2)C1. The van der Waals surface area contributed by atoms with E-state index in [1.165, 1.54) is 42.5 Å². The van der Waals surface area contributed by atoms with Crippen LogP contribution in [-0.2, 0) is 24.2 Å². The van der Waals surface area contributed by atoms with Crippen LogP contribution in [0.1, 0.15) is 130 Å². The molecule has 2 aliphatic carbocycles. The predicted octanol–water partition coefficient (Wildman–Crippen LogP) is 9.06. The number of rotatable bonds is 7. The van der Waals surface area contributed by atoms with Gasteiger partial charge in [0.15, 0.2) is 11.6 Å². The van der Waals surface area contributed by atoms with Gasteiger partial charge < -0.3 is 29.2 Å². The summed E-state index contributed by atoms with van der Waals surface area (Å²) < 4.78 is 8.81. The first-order valence-electron chi connectivity index (χ1n) is 25.1. The Kier molecular flexibility index (Phi) is 11.6. The lowest BCUT2D eigenvalue weighted by atomic mass is 9.61. The van der Waals surface area contributed by atoms with Crippen molar-refractivity contribution in [2.24, 2.45) is 10.8 Å². The molecule has 2 saturated carbocycles. The number of carbonyl (C=O) groups is 1. The molecule has 350 valence electrons. The predicted molar refractivity (Wildman–Crippen MR) is 260 cm³/mol. The first-order valence-corrected chi connectivity index (χ1v) is 25.5. The number of benzene rings is 2. The highest BCUT2D eigenvalue weighted by molar-refractivity contribution is 6.32. The highest BCUT2D eigenvalue weighted by Crippen LogP contribution is 2.52. The van der Waals surface area contributed by atoms with E-state index < -0.39 is 0 Å². The molecule has 0 radical (unpaired) electrons. The molecule has 0 N–H and O–H groups in total. The van der Waals surface area contributed by atoms with Crippen molar-refractivity contribution in [3.8, 4) is 18.0 Å². The number of halogens is 1. The maximum Gasteiger partial charge on any atom is 0.233 e. The Bertz CT molecular complexity index is 2600. The van der Waals surface area contributed by atoms with E-state index in [-0.39, 0.29) is 17.4 Å². The minimum absolute atomic E-state index is 0.121. The van der Waals surface area contributed by atoms with Gasteiger partial charge >= 0.3 is 0 Å². The molecule has 2 aromatic carbocycles. The fraction of sp³-hybridized carbons (Fsp3) is 0.585. The largest absolute Gasteiger partial charge is 0.473 e. The highest BCUT2D eigenvalue weighted by Gasteiger charge is 2.49. The van der Waals surface area contributed by atoms with Gasteiger partial charge in [0.1, 0.15) is 12.2 Å². The van der Waals surface area contributed by atoms with Gasteiger partial charge in [0.2, 0.25) is 11.8 Å². The number of hydrogen-bond donors (Lipinski definition) is 0. The lowest BCUT2D eigenvalue weighted by Crippen LogP contribution is -2.53. The molecule has 0 unspecified atom stereocenters. The summed E-state index contributed by atoms with van der Waals surface area (Å²) in [6, 6.07) is 20.2. The molecule has 2 spiro atoms. The van der Waals surface area contributed by atoms with Gasteiger partial charge in [0, 0.05) is 86.9 Å². The van der Waals surface area contributed by atoms with Crippen LogP contribution in [0.4, 0.5) is 23.0 Å². The average molecular weight is 923 g/mol. The van der Waals surface area contributed by atoms with Crippen LogP contribution in [0, 0.1) is 40.4 Å². The van der Waals surface area contributed by atoms with E-state index in [1.54, 1.807) is 6.92 Å². The van der Waals surface area contributed by atoms with Crippen LogP contribution < -0.4 is 19.4 Å². The quantitative estimate of drug-likeness (QED) is 0.176. The molecule has 11 rings (SSSR count). The van der Waals surface area contributed by atoms with Gasteiger partial charge in [0.25, 0.3) is 0 Å². The number of hydrogen-bond acceptors (Lipinski definition) is 11. The van der Waals surface area contributed by atoms with Gasteiger partial charge in [-0.25, -0.2) is 0 Å². The standard InChI is InChI=1S/C53H64ClN11O2/c1-35-25-48-38(26-40(35)32-56)5-4-19-63(48)51-45-33-62(37(3)66)20-14-47(45)65(59-51)42-10-8-41(9-11-42)60-21-15-52(16-22-60)29-44(30-52)67-50-13-12-49(57-58-50)61-23-17-53(18-24-61)28-36(2)64(34-53)43-7-6-39(31-55)46(54)27-43/h6-7,12-13,25-27,36,41-42,44H,4-5,8-11,14-24,28-30,33-34H2,1-3H3/t36-,41?,42?/m0/s1. The maximum absolute atomic E-state index is 12.6. The molecule has 1 atom stereocenters. The zero-order valence-electron chi connectivity index (χ0n) is 39.5. The molecule has 14 heteroatoms. The number of nitriles is 2. The van der Waals surface area contributed by atoms with Gasteiger partial charge in [0.05, 0.1) is 34.8 Å². The zero-order valence-corrected chi connectivity index (χ0v) is 40.3. The molecule has 67 heavy (non-hydrogen) atoms. The minimum Gasteiger partial charge on any atom is -0.473 e. The second-order valence-electron chi connectivity index (χ2n) is 21.4. The van der Waals surface area contributed by atoms with Crippen LogP contribution in [0.15, 0.2) is 42.5 Å². The van der Waals surface area contributed by atoms with Crippen LogP contribution in [0.2, 0.25) is 5.02 Å². The monoisotopic (exact) mass is 921 g/mol. The number of likely N-dealkylation sites (tertiary alicyclic amines) is 1. The van der Waals surface area contributed by atoms with Crippen molar-refractivity contribution in [2.75, 3.05) is 60.5 Å².